The van der Waals surface area contributed by atoms with Crippen LogP contribution in [0.2, 0.25) is 0 Å². The van der Waals surface area contributed by atoms with Crippen LogP contribution in [0.1, 0.15) is 24.3 Å². The lowest BCUT2D eigenvalue weighted by atomic mass is 10.2. The Morgan fingerprint density at radius 1 is 1.17 bits per heavy atom. The van der Waals surface area contributed by atoms with Crippen molar-refractivity contribution in [3.63, 3.8) is 0 Å². The molecule has 2 aromatic carbocycles. The summed E-state index contributed by atoms with van der Waals surface area (Å²) in [6.07, 6.45) is -0.795. The van der Waals surface area contributed by atoms with Gasteiger partial charge in [-0.05, 0) is 18.2 Å². The summed E-state index contributed by atoms with van der Waals surface area (Å²) in [5, 5.41) is 5.10. The molecule has 0 aliphatic carbocycles. The molecule has 1 atom stereocenters. The average molecular weight is 336 g/mol. The normalized spacial score (nSPS) is 16.4. The van der Waals surface area contributed by atoms with Gasteiger partial charge in [0.15, 0.2) is 0 Å². The quantitative estimate of drug-likeness (QED) is 0.844. The third-order valence-corrected chi connectivity index (χ3v) is 3.21. The largest absolute Gasteiger partial charge is 0.446 e. The van der Waals surface area contributed by atoms with Crippen molar-refractivity contribution in [1.82, 2.24) is 5.01 Å². The molecule has 120 valence electrons. The molecule has 0 aromatic heterocycles. The second-order valence-electron chi connectivity index (χ2n) is 4.77. The highest BCUT2D eigenvalue weighted by molar-refractivity contribution is 7.59. The first-order valence-electron chi connectivity index (χ1n) is 6.61. The van der Waals surface area contributed by atoms with Gasteiger partial charge in [0.05, 0.1) is 5.56 Å². The molecule has 0 radical (unpaired) electrons. The van der Waals surface area contributed by atoms with E-state index in [1.807, 2.05) is 6.07 Å². The highest BCUT2D eigenvalue weighted by Crippen LogP contribution is 2.30. The summed E-state index contributed by atoms with van der Waals surface area (Å²) in [5.41, 5.74) is 0.568. The second-order valence-corrected chi connectivity index (χ2v) is 4.77. The third kappa shape index (κ3) is 3.34. The van der Waals surface area contributed by atoms with Crippen molar-refractivity contribution in [3.8, 4) is 0 Å². The minimum absolute atomic E-state index is 0. The van der Waals surface area contributed by atoms with Gasteiger partial charge in [0.1, 0.15) is 11.6 Å². The first-order chi connectivity index (χ1) is 10.6. The van der Waals surface area contributed by atoms with Gasteiger partial charge in [0, 0.05) is 12.5 Å². The van der Waals surface area contributed by atoms with Gasteiger partial charge in [-0.25, -0.2) is 8.78 Å². The van der Waals surface area contributed by atoms with Crippen molar-refractivity contribution in [1.29, 1.82) is 0 Å². The molecule has 7 heteroatoms. The second kappa shape index (κ2) is 6.78. The lowest BCUT2D eigenvalue weighted by Crippen LogP contribution is -2.25. The predicted octanol–water partition coefficient (Wildman–Crippen LogP) is 3.32. The van der Waals surface area contributed by atoms with E-state index in [1.165, 1.54) is 6.92 Å². The van der Waals surface area contributed by atoms with Crippen LogP contribution in [0.5, 0.6) is 0 Å². The number of hydrazone groups is 1. The number of nitrogens with zero attached hydrogens (tertiary/aromatic N) is 2. The van der Waals surface area contributed by atoms with Gasteiger partial charge in [0.2, 0.25) is 18.0 Å². The van der Waals surface area contributed by atoms with E-state index in [0.717, 1.165) is 23.2 Å². The Hall–Kier alpha value is -2.41. The zero-order valence-corrected chi connectivity index (χ0v) is 13.2. The highest BCUT2D eigenvalue weighted by Gasteiger charge is 2.34. The van der Waals surface area contributed by atoms with Crippen LogP contribution in [0.3, 0.4) is 0 Å². The van der Waals surface area contributed by atoms with Crippen LogP contribution in [-0.2, 0) is 9.53 Å². The molecule has 1 heterocycles. The fourth-order valence-electron chi connectivity index (χ4n) is 2.17. The van der Waals surface area contributed by atoms with E-state index >= 15 is 0 Å². The molecule has 3 rings (SSSR count). The molecule has 1 amide bonds. The number of amides is 1. The number of rotatable bonds is 2. The fraction of sp³-hybridized carbons (Fsp3) is 0.125. The molecule has 2 aromatic rings. The molecule has 1 aliphatic rings. The summed E-state index contributed by atoms with van der Waals surface area (Å²) in [4.78, 5) is 11.7. The molecule has 0 fully saturated rings. The number of benzene rings is 2. The lowest BCUT2D eigenvalue weighted by molar-refractivity contribution is -0.135. The van der Waals surface area contributed by atoms with Crippen molar-refractivity contribution in [2.75, 3.05) is 0 Å². The summed E-state index contributed by atoms with van der Waals surface area (Å²) in [7, 11) is 0. The molecule has 1 unspecified atom stereocenters. The Bertz CT molecular complexity index is 753. The van der Waals surface area contributed by atoms with Crippen LogP contribution in [-0.4, -0.2) is 16.8 Å². The van der Waals surface area contributed by atoms with Crippen molar-refractivity contribution < 1.29 is 18.3 Å². The average Bonchev–Trinajstić information content (AvgIpc) is 2.96. The Labute approximate surface area is 138 Å². The minimum Gasteiger partial charge on any atom is -0.446 e. The summed E-state index contributed by atoms with van der Waals surface area (Å²) >= 11 is 0. The first kappa shape index (κ1) is 17.0. The third-order valence-electron chi connectivity index (χ3n) is 3.21. The topological polar surface area (TPSA) is 41.9 Å². The molecular formula is C16H14F2N2O2S. The molecule has 0 spiro atoms. The Morgan fingerprint density at radius 2 is 1.87 bits per heavy atom. The Morgan fingerprint density at radius 3 is 2.52 bits per heavy atom. The van der Waals surface area contributed by atoms with Gasteiger partial charge in [0.25, 0.3) is 0 Å². The van der Waals surface area contributed by atoms with Gasteiger partial charge in [-0.3, -0.25) is 4.79 Å². The van der Waals surface area contributed by atoms with E-state index in [9.17, 15) is 13.6 Å². The van der Waals surface area contributed by atoms with Crippen LogP contribution < -0.4 is 0 Å². The molecule has 4 nitrogen and oxygen atoms in total. The first-order valence-corrected chi connectivity index (χ1v) is 6.61. The van der Waals surface area contributed by atoms with Crippen molar-refractivity contribution in [2.45, 2.75) is 13.2 Å². The number of halogens is 2. The van der Waals surface area contributed by atoms with Gasteiger partial charge < -0.3 is 4.74 Å². The Balaban J connectivity index is 0.00000192. The van der Waals surface area contributed by atoms with E-state index in [4.69, 9.17) is 4.74 Å². The Kier molecular flexibility index (Phi) is 5.00. The maximum absolute atomic E-state index is 13.8. The molecule has 0 N–H and O–H groups in total. The molecule has 0 bridgehead atoms. The molecule has 1 aliphatic heterocycles. The number of hydrogen-bond acceptors (Lipinski definition) is 3. The van der Waals surface area contributed by atoms with E-state index in [1.54, 1.807) is 24.3 Å². The zero-order chi connectivity index (χ0) is 15.7. The fourth-order valence-corrected chi connectivity index (χ4v) is 2.17. The maximum atomic E-state index is 13.8. The van der Waals surface area contributed by atoms with Gasteiger partial charge in [-0.2, -0.15) is 18.5 Å². The van der Waals surface area contributed by atoms with Crippen molar-refractivity contribution in [3.05, 3.63) is 71.3 Å². The van der Waals surface area contributed by atoms with E-state index < -0.39 is 17.9 Å². The zero-order valence-electron chi connectivity index (χ0n) is 12.2. The smallest absolute Gasteiger partial charge is 0.244 e. The number of carbonyl (C=O) groups is 1. The van der Waals surface area contributed by atoms with Crippen LogP contribution in [0.25, 0.3) is 0 Å². The maximum Gasteiger partial charge on any atom is 0.244 e. The van der Waals surface area contributed by atoms with Gasteiger partial charge >= 0.3 is 0 Å². The highest BCUT2D eigenvalue weighted by atomic mass is 32.1. The number of carbonyl (C=O) groups excluding carboxylic acids is 1. The van der Waals surface area contributed by atoms with Crippen molar-refractivity contribution >= 4 is 25.3 Å². The van der Waals surface area contributed by atoms with Gasteiger partial charge in [-0.15, -0.1) is 5.10 Å². The molecular weight excluding hydrogens is 322 g/mol. The standard InChI is InChI=1S/C16H12F2N2O2.H2S/c1-10(21)20-16(11-5-3-2-4-6-11)22-15(19-20)13-9-12(17)7-8-14(13)18;/h2-9,16H,1H3;1H2. The molecule has 0 saturated heterocycles. The lowest BCUT2D eigenvalue weighted by Gasteiger charge is -2.19. The summed E-state index contributed by atoms with van der Waals surface area (Å²) < 4.78 is 32.8. The van der Waals surface area contributed by atoms with Gasteiger partial charge in [-0.1, -0.05) is 30.3 Å². The van der Waals surface area contributed by atoms with Crippen LogP contribution >= 0.6 is 13.5 Å². The van der Waals surface area contributed by atoms with Crippen LogP contribution in [0.15, 0.2) is 53.6 Å². The van der Waals surface area contributed by atoms with Crippen LogP contribution in [0, 0.1) is 11.6 Å². The van der Waals surface area contributed by atoms with E-state index in [0.29, 0.717) is 5.56 Å². The molecule has 0 saturated carbocycles. The monoisotopic (exact) mass is 336 g/mol. The summed E-state index contributed by atoms with van der Waals surface area (Å²) in [6.45, 7) is 1.33. The van der Waals surface area contributed by atoms with E-state index in [2.05, 4.69) is 5.10 Å². The minimum atomic E-state index is -0.795. The van der Waals surface area contributed by atoms with Crippen molar-refractivity contribution in [2.24, 2.45) is 5.10 Å². The summed E-state index contributed by atoms with van der Waals surface area (Å²) in [6, 6.07) is 11.9. The molecule has 23 heavy (non-hydrogen) atoms. The van der Waals surface area contributed by atoms with Crippen LogP contribution in [0.4, 0.5) is 8.78 Å². The number of hydrogen-bond donors (Lipinski definition) is 0. The predicted molar refractivity (Wildman–Crippen MR) is 86.1 cm³/mol. The summed E-state index contributed by atoms with van der Waals surface area (Å²) in [5.74, 6) is -1.76. The van der Waals surface area contributed by atoms with E-state index in [-0.39, 0.29) is 30.9 Å². The SMILES string of the molecule is CC(=O)N1N=C(c2cc(F)ccc2F)OC1c1ccccc1.S. The number of ether oxygens (including phenoxy) is 1.